The van der Waals surface area contributed by atoms with E-state index in [0.717, 1.165) is 45.6 Å². The summed E-state index contributed by atoms with van der Waals surface area (Å²) in [6, 6.07) is 4.45. The van der Waals surface area contributed by atoms with Gasteiger partial charge in [-0.25, -0.2) is 5.06 Å². The predicted molar refractivity (Wildman–Crippen MR) is 92.6 cm³/mol. The van der Waals surface area contributed by atoms with E-state index in [-0.39, 0.29) is 12.0 Å². The van der Waals surface area contributed by atoms with Crippen molar-refractivity contribution < 1.29 is 14.4 Å². The van der Waals surface area contributed by atoms with Gasteiger partial charge in [-0.3, -0.25) is 14.5 Å². The Morgan fingerprint density at radius 1 is 1.38 bits per heavy atom. The van der Waals surface area contributed by atoms with E-state index in [1.54, 1.807) is 0 Å². The zero-order valence-electron chi connectivity index (χ0n) is 14.3. The van der Waals surface area contributed by atoms with Gasteiger partial charge in [-0.2, -0.15) is 0 Å². The number of hydroxylamine groups is 2. The third-order valence-electron chi connectivity index (χ3n) is 5.46. The second-order valence-electron chi connectivity index (χ2n) is 7.22. The summed E-state index contributed by atoms with van der Waals surface area (Å²) in [5, 5.41) is 1.53. The van der Waals surface area contributed by atoms with Crippen LogP contribution in [0.15, 0.2) is 12.1 Å². The summed E-state index contributed by atoms with van der Waals surface area (Å²) in [5.41, 5.74) is 0. The quantitative estimate of drug-likeness (QED) is 0.836. The van der Waals surface area contributed by atoms with E-state index in [9.17, 15) is 4.79 Å². The first-order chi connectivity index (χ1) is 11.7. The molecule has 0 spiro atoms. The standard InChI is InChI=1S/C18H26N2O3S/c1-13-3-4-15(24-13)11-19-7-5-16-14(10-19)12-22-17(16)9-18(21)20-6-2-8-23-20/h3-4,14,16-17H,2,5-12H2,1H3/t14-,16-,17-/m1/s1. The van der Waals surface area contributed by atoms with Crippen LogP contribution in [0.5, 0.6) is 0 Å². The minimum Gasteiger partial charge on any atom is -0.377 e. The Kier molecular flexibility index (Phi) is 4.90. The molecule has 24 heavy (non-hydrogen) atoms. The van der Waals surface area contributed by atoms with Crippen LogP contribution in [0.25, 0.3) is 0 Å². The number of fused-ring (bicyclic) bond motifs is 1. The van der Waals surface area contributed by atoms with Crippen LogP contribution in [0.4, 0.5) is 0 Å². The predicted octanol–water partition coefficient (Wildman–Crippen LogP) is 2.45. The second-order valence-corrected chi connectivity index (χ2v) is 8.59. The topological polar surface area (TPSA) is 42.0 Å². The fourth-order valence-corrected chi connectivity index (χ4v) is 5.16. The number of piperidine rings is 1. The maximum absolute atomic E-state index is 12.3. The van der Waals surface area contributed by atoms with Crippen molar-refractivity contribution in [3.8, 4) is 0 Å². The molecule has 3 aliphatic rings. The van der Waals surface area contributed by atoms with Crippen molar-refractivity contribution in [3.63, 3.8) is 0 Å². The van der Waals surface area contributed by atoms with E-state index in [2.05, 4.69) is 24.0 Å². The van der Waals surface area contributed by atoms with Crippen LogP contribution in [0.3, 0.4) is 0 Å². The minimum atomic E-state index is 0.0813. The Labute approximate surface area is 147 Å². The zero-order valence-corrected chi connectivity index (χ0v) is 15.1. The van der Waals surface area contributed by atoms with E-state index in [4.69, 9.17) is 9.57 Å². The van der Waals surface area contributed by atoms with Crippen molar-refractivity contribution >= 4 is 17.2 Å². The molecule has 0 aromatic carbocycles. The van der Waals surface area contributed by atoms with Crippen LogP contribution in [0, 0.1) is 18.8 Å². The van der Waals surface area contributed by atoms with E-state index in [1.165, 1.54) is 14.8 Å². The van der Waals surface area contributed by atoms with Gasteiger partial charge >= 0.3 is 0 Å². The van der Waals surface area contributed by atoms with Crippen LogP contribution in [0.1, 0.15) is 29.0 Å². The summed E-state index contributed by atoms with van der Waals surface area (Å²) in [6.45, 7) is 7.60. The average molecular weight is 350 g/mol. The number of ether oxygens (including phenoxy) is 1. The lowest BCUT2D eigenvalue weighted by atomic mass is 9.83. The van der Waals surface area contributed by atoms with Gasteiger partial charge in [0.1, 0.15) is 0 Å². The molecule has 3 aliphatic heterocycles. The number of carbonyl (C=O) groups excluding carboxylic acids is 1. The third-order valence-corrected chi connectivity index (χ3v) is 6.45. The molecular formula is C18H26N2O3S. The van der Waals surface area contributed by atoms with E-state index < -0.39 is 0 Å². The highest BCUT2D eigenvalue weighted by Gasteiger charge is 2.42. The van der Waals surface area contributed by atoms with Crippen LogP contribution in [-0.2, 0) is 20.9 Å². The maximum atomic E-state index is 12.3. The Morgan fingerprint density at radius 2 is 2.29 bits per heavy atom. The SMILES string of the molecule is Cc1ccc(CN2CC[C@@H]3[C@@H](CO[C@@H]3CC(=O)N3CCCO3)C2)s1. The number of carbonyl (C=O) groups is 1. The third kappa shape index (κ3) is 3.52. The van der Waals surface area contributed by atoms with Gasteiger partial charge in [-0.15, -0.1) is 11.3 Å². The Balaban J connectivity index is 1.30. The van der Waals surface area contributed by atoms with Crippen LogP contribution < -0.4 is 0 Å². The minimum absolute atomic E-state index is 0.0813. The smallest absolute Gasteiger partial charge is 0.248 e. The van der Waals surface area contributed by atoms with Crippen LogP contribution in [-0.4, -0.2) is 54.8 Å². The number of hydrogen-bond acceptors (Lipinski definition) is 5. The largest absolute Gasteiger partial charge is 0.377 e. The summed E-state index contributed by atoms with van der Waals surface area (Å²) in [5.74, 6) is 1.18. The molecule has 6 heteroatoms. The molecule has 0 radical (unpaired) electrons. The van der Waals surface area contributed by atoms with Gasteiger partial charge < -0.3 is 4.74 Å². The van der Waals surface area contributed by atoms with Crippen molar-refractivity contribution in [2.75, 3.05) is 32.8 Å². The number of likely N-dealkylation sites (tertiary alicyclic amines) is 1. The molecule has 0 unspecified atom stereocenters. The highest BCUT2D eigenvalue weighted by atomic mass is 32.1. The number of aryl methyl sites for hydroxylation is 1. The van der Waals surface area contributed by atoms with E-state index >= 15 is 0 Å². The van der Waals surface area contributed by atoms with Gasteiger partial charge in [0.25, 0.3) is 0 Å². The molecule has 5 nitrogen and oxygen atoms in total. The van der Waals surface area contributed by atoms with Crippen molar-refractivity contribution in [2.45, 2.75) is 38.8 Å². The van der Waals surface area contributed by atoms with Gasteiger partial charge in [0, 0.05) is 28.8 Å². The molecule has 1 aromatic rings. The molecule has 0 N–H and O–H groups in total. The van der Waals surface area contributed by atoms with Crippen molar-refractivity contribution in [3.05, 3.63) is 21.9 Å². The molecule has 3 atom stereocenters. The van der Waals surface area contributed by atoms with Gasteiger partial charge in [0.2, 0.25) is 5.91 Å². The highest BCUT2D eigenvalue weighted by molar-refractivity contribution is 7.11. The number of nitrogens with zero attached hydrogens (tertiary/aromatic N) is 2. The summed E-state index contributed by atoms with van der Waals surface area (Å²) >= 11 is 1.89. The monoisotopic (exact) mass is 350 g/mol. The number of hydrogen-bond donors (Lipinski definition) is 0. The molecule has 3 saturated heterocycles. The highest BCUT2D eigenvalue weighted by Crippen LogP contribution is 2.37. The van der Waals surface area contributed by atoms with Crippen LogP contribution >= 0.6 is 11.3 Å². The number of amides is 1. The zero-order chi connectivity index (χ0) is 16.5. The van der Waals surface area contributed by atoms with Crippen molar-refractivity contribution in [2.24, 2.45) is 11.8 Å². The first-order valence-corrected chi connectivity index (χ1v) is 9.83. The Morgan fingerprint density at radius 3 is 3.04 bits per heavy atom. The van der Waals surface area contributed by atoms with Crippen LogP contribution in [0.2, 0.25) is 0 Å². The van der Waals surface area contributed by atoms with Gasteiger partial charge in [0.15, 0.2) is 0 Å². The second kappa shape index (κ2) is 7.12. The first kappa shape index (κ1) is 16.5. The normalized spacial score (nSPS) is 30.7. The van der Waals surface area contributed by atoms with Gasteiger partial charge in [-0.05, 0) is 44.4 Å². The molecule has 1 aromatic heterocycles. The molecule has 0 bridgehead atoms. The average Bonchev–Trinajstić information content (AvgIpc) is 3.29. The molecular weight excluding hydrogens is 324 g/mol. The summed E-state index contributed by atoms with van der Waals surface area (Å²) < 4.78 is 6.01. The molecule has 4 rings (SSSR count). The lowest BCUT2D eigenvalue weighted by Gasteiger charge is -2.35. The first-order valence-electron chi connectivity index (χ1n) is 9.01. The van der Waals surface area contributed by atoms with E-state index in [0.29, 0.717) is 24.9 Å². The van der Waals surface area contributed by atoms with Crippen molar-refractivity contribution in [1.82, 2.24) is 9.96 Å². The Hall–Kier alpha value is -0.950. The molecule has 4 heterocycles. The number of rotatable bonds is 4. The molecule has 3 fully saturated rings. The molecule has 0 saturated carbocycles. The molecule has 1 amide bonds. The lowest BCUT2D eigenvalue weighted by Crippen LogP contribution is -2.41. The Bertz CT molecular complexity index is 585. The summed E-state index contributed by atoms with van der Waals surface area (Å²) in [6.07, 6.45) is 2.64. The lowest BCUT2D eigenvalue weighted by molar-refractivity contribution is -0.171. The summed E-state index contributed by atoms with van der Waals surface area (Å²) in [7, 11) is 0. The summed E-state index contributed by atoms with van der Waals surface area (Å²) in [4.78, 5) is 23.0. The van der Waals surface area contributed by atoms with E-state index in [1.807, 2.05) is 11.3 Å². The van der Waals surface area contributed by atoms with Gasteiger partial charge in [-0.1, -0.05) is 0 Å². The molecule has 132 valence electrons. The fourth-order valence-electron chi connectivity index (χ4n) is 4.22. The molecule has 0 aliphatic carbocycles. The van der Waals surface area contributed by atoms with Gasteiger partial charge in [0.05, 0.1) is 32.3 Å². The van der Waals surface area contributed by atoms with Crippen molar-refractivity contribution in [1.29, 1.82) is 0 Å². The number of thiophene rings is 1. The fraction of sp³-hybridized carbons (Fsp3) is 0.722. The maximum Gasteiger partial charge on any atom is 0.248 e.